The summed E-state index contributed by atoms with van der Waals surface area (Å²) < 4.78 is 2.02. The van der Waals surface area contributed by atoms with Crippen molar-refractivity contribution in [2.45, 2.75) is 46.7 Å². The van der Waals surface area contributed by atoms with Crippen LogP contribution in [0.3, 0.4) is 0 Å². The molecule has 1 aliphatic heterocycles. The maximum Gasteiger partial charge on any atom is 0.173 e. The number of anilines is 1. The zero-order valence-corrected chi connectivity index (χ0v) is 17.7. The highest BCUT2D eigenvalue weighted by Crippen LogP contribution is 2.18. The van der Waals surface area contributed by atoms with Gasteiger partial charge in [0.15, 0.2) is 5.11 Å². The van der Waals surface area contributed by atoms with Crippen molar-refractivity contribution in [1.82, 2.24) is 19.6 Å². The third-order valence-electron chi connectivity index (χ3n) is 5.25. The van der Waals surface area contributed by atoms with Crippen LogP contribution in [0.25, 0.3) is 0 Å². The Balaban J connectivity index is 1.49. The smallest absolute Gasteiger partial charge is 0.173 e. The summed E-state index contributed by atoms with van der Waals surface area (Å²) in [5.74, 6) is 0.548. The van der Waals surface area contributed by atoms with E-state index in [-0.39, 0.29) is 0 Å². The van der Waals surface area contributed by atoms with Crippen LogP contribution in [0, 0.1) is 6.92 Å². The molecule has 1 aromatic carbocycles. The lowest BCUT2D eigenvalue weighted by Crippen LogP contribution is -2.49. The molecule has 27 heavy (non-hydrogen) atoms. The summed E-state index contributed by atoms with van der Waals surface area (Å²) in [5, 5.41) is 8.76. The number of hydrogen-bond acceptors (Lipinski definition) is 3. The molecule has 5 nitrogen and oxygen atoms in total. The van der Waals surface area contributed by atoms with E-state index in [0.717, 1.165) is 55.8 Å². The van der Waals surface area contributed by atoms with E-state index in [9.17, 15) is 0 Å². The molecule has 6 heteroatoms. The van der Waals surface area contributed by atoms with Gasteiger partial charge in [-0.3, -0.25) is 9.58 Å². The zero-order chi connectivity index (χ0) is 19.4. The standard InChI is InChI=1S/C21H31N5S/c1-5-26-15-19(17(4)23-26)14-24-10-12-25(13-11-24)21(27)22-20-8-6-18(7-9-20)16(2)3/h6-9,15-16H,5,10-14H2,1-4H3,(H,22,27). The van der Waals surface area contributed by atoms with E-state index in [1.807, 2.05) is 4.68 Å². The number of nitrogens with zero attached hydrogens (tertiary/aromatic N) is 4. The lowest BCUT2D eigenvalue weighted by atomic mass is 10.0. The minimum absolute atomic E-state index is 0.548. The predicted octanol–water partition coefficient (Wildman–Crippen LogP) is 3.85. The average Bonchev–Trinajstić information content (AvgIpc) is 3.02. The normalized spacial score (nSPS) is 15.4. The van der Waals surface area contributed by atoms with E-state index in [1.165, 1.54) is 11.1 Å². The first-order chi connectivity index (χ1) is 13.0. The van der Waals surface area contributed by atoms with Crippen LogP contribution in [0.1, 0.15) is 43.5 Å². The summed E-state index contributed by atoms with van der Waals surface area (Å²) in [6.45, 7) is 14.5. The molecule has 2 heterocycles. The average molecular weight is 386 g/mol. The summed E-state index contributed by atoms with van der Waals surface area (Å²) in [7, 11) is 0. The molecule has 0 spiro atoms. The third-order valence-corrected chi connectivity index (χ3v) is 5.61. The number of nitrogens with one attached hydrogen (secondary N) is 1. The highest BCUT2D eigenvalue weighted by molar-refractivity contribution is 7.80. The van der Waals surface area contributed by atoms with Crippen molar-refractivity contribution in [2.75, 3.05) is 31.5 Å². The third kappa shape index (κ3) is 5.08. The molecule has 0 aliphatic carbocycles. The zero-order valence-electron chi connectivity index (χ0n) is 16.9. The number of rotatable bonds is 5. The van der Waals surface area contributed by atoms with Crippen LogP contribution >= 0.6 is 12.2 Å². The van der Waals surface area contributed by atoms with Gasteiger partial charge in [-0.1, -0.05) is 26.0 Å². The van der Waals surface area contributed by atoms with Gasteiger partial charge in [0.05, 0.1) is 5.69 Å². The van der Waals surface area contributed by atoms with Gasteiger partial charge in [0, 0.05) is 56.7 Å². The van der Waals surface area contributed by atoms with Gasteiger partial charge in [0.1, 0.15) is 0 Å². The molecular weight excluding hydrogens is 354 g/mol. The molecule has 3 rings (SSSR count). The van der Waals surface area contributed by atoms with Gasteiger partial charge in [-0.25, -0.2) is 0 Å². The van der Waals surface area contributed by atoms with Gasteiger partial charge in [-0.15, -0.1) is 0 Å². The van der Waals surface area contributed by atoms with Gasteiger partial charge in [0.2, 0.25) is 0 Å². The molecule has 146 valence electrons. The molecule has 1 saturated heterocycles. The Bertz CT molecular complexity index is 757. The highest BCUT2D eigenvalue weighted by atomic mass is 32.1. The lowest BCUT2D eigenvalue weighted by molar-refractivity contribution is 0.176. The van der Waals surface area contributed by atoms with Gasteiger partial charge < -0.3 is 10.2 Å². The molecule has 0 amide bonds. The van der Waals surface area contributed by atoms with Crippen molar-refractivity contribution in [3.05, 3.63) is 47.3 Å². The Morgan fingerprint density at radius 2 is 1.81 bits per heavy atom. The minimum Gasteiger partial charge on any atom is -0.346 e. The van der Waals surface area contributed by atoms with Crippen molar-refractivity contribution >= 4 is 23.0 Å². The first-order valence-electron chi connectivity index (χ1n) is 9.87. The predicted molar refractivity (Wildman–Crippen MR) is 116 cm³/mol. The van der Waals surface area contributed by atoms with Crippen molar-refractivity contribution in [1.29, 1.82) is 0 Å². The largest absolute Gasteiger partial charge is 0.346 e. The molecule has 0 unspecified atom stereocenters. The first-order valence-corrected chi connectivity index (χ1v) is 10.3. The number of benzene rings is 1. The lowest BCUT2D eigenvalue weighted by Gasteiger charge is -2.36. The van der Waals surface area contributed by atoms with Gasteiger partial charge in [-0.05, 0) is 49.7 Å². The number of hydrogen-bond donors (Lipinski definition) is 1. The van der Waals surface area contributed by atoms with Crippen LogP contribution in [0.5, 0.6) is 0 Å². The van der Waals surface area contributed by atoms with Crippen LogP contribution < -0.4 is 5.32 Å². The molecule has 2 aromatic rings. The molecule has 1 aliphatic rings. The Hall–Kier alpha value is -1.92. The second kappa shape index (κ2) is 8.85. The van der Waals surface area contributed by atoms with Crippen LogP contribution in [-0.4, -0.2) is 50.9 Å². The molecule has 1 fully saturated rings. The maximum atomic E-state index is 5.63. The van der Waals surface area contributed by atoms with Crippen LogP contribution in [-0.2, 0) is 13.1 Å². The Kier molecular flexibility index (Phi) is 6.50. The second-order valence-corrected chi connectivity index (χ2v) is 7.95. The maximum absolute atomic E-state index is 5.63. The monoisotopic (exact) mass is 385 g/mol. The minimum atomic E-state index is 0.548. The number of aromatic nitrogens is 2. The summed E-state index contributed by atoms with van der Waals surface area (Å²) in [5.41, 5.74) is 4.88. The fourth-order valence-corrected chi connectivity index (χ4v) is 3.68. The van der Waals surface area contributed by atoms with E-state index in [4.69, 9.17) is 12.2 Å². The second-order valence-electron chi connectivity index (χ2n) is 7.57. The van der Waals surface area contributed by atoms with Gasteiger partial charge in [-0.2, -0.15) is 5.10 Å². The summed E-state index contributed by atoms with van der Waals surface area (Å²) >= 11 is 5.63. The highest BCUT2D eigenvalue weighted by Gasteiger charge is 2.20. The van der Waals surface area contributed by atoms with E-state index in [0.29, 0.717) is 5.92 Å². The Morgan fingerprint density at radius 3 is 2.37 bits per heavy atom. The molecular formula is C21H31N5S. The number of thiocarbonyl (C=S) groups is 1. The molecule has 0 saturated carbocycles. The van der Waals surface area contributed by atoms with E-state index in [2.05, 4.69) is 78.4 Å². The Labute approximate surface area is 168 Å². The number of aryl methyl sites for hydroxylation is 2. The van der Waals surface area contributed by atoms with E-state index >= 15 is 0 Å². The summed E-state index contributed by atoms with van der Waals surface area (Å²) in [6, 6.07) is 8.58. The molecule has 0 radical (unpaired) electrons. The van der Waals surface area contributed by atoms with Gasteiger partial charge >= 0.3 is 0 Å². The molecule has 1 aromatic heterocycles. The van der Waals surface area contributed by atoms with Crippen molar-refractivity contribution in [2.24, 2.45) is 0 Å². The van der Waals surface area contributed by atoms with Crippen LogP contribution in [0.15, 0.2) is 30.5 Å². The van der Waals surface area contributed by atoms with E-state index < -0.39 is 0 Å². The summed E-state index contributed by atoms with van der Waals surface area (Å²) in [6.07, 6.45) is 2.18. The van der Waals surface area contributed by atoms with Crippen molar-refractivity contribution in [3.8, 4) is 0 Å². The van der Waals surface area contributed by atoms with Gasteiger partial charge in [0.25, 0.3) is 0 Å². The topological polar surface area (TPSA) is 36.3 Å². The molecule has 0 bridgehead atoms. The summed E-state index contributed by atoms with van der Waals surface area (Å²) in [4.78, 5) is 4.76. The fraction of sp³-hybridized carbons (Fsp3) is 0.524. The van der Waals surface area contributed by atoms with Crippen LogP contribution in [0.2, 0.25) is 0 Å². The van der Waals surface area contributed by atoms with Crippen molar-refractivity contribution in [3.63, 3.8) is 0 Å². The van der Waals surface area contributed by atoms with Crippen molar-refractivity contribution < 1.29 is 0 Å². The fourth-order valence-electron chi connectivity index (χ4n) is 3.38. The Morgan fingerprint density at radius 1 is 1.15 bits per heavy atom. The van der Waals surface area contributed by atoms with E-state index in [1.54, 1.807) is 0 Å². The molecule has 1 N–H and O–H groups in total. The quantitative estimate of drug-likeness (QED) is 0.791. The first kappa shape index (κ1) is 19.8. The molecule has 0 atom stereocenters. The van der Waals surface area contributed by atoms with Crippen LogP contribution in [0.4, 0.5) is 5.69 Å². The number of piperazine rings is 1. The SMILES string of the molecule is CCn1cc(CN2CCN(C(=S)Nc3ccc(C(C)C)cc3)CC2)c(C)n1.